The molecule has 1 aliphatic rings. The van der Waals surface area contributed by atoms with Gasteiger partial charge in [-0.3, -0.25) is 9.69 Å². The van der Waals surface area contributed by atoms with Crippen LogP contribution in [-0.4, -0.2) is 51.3 Å². The summed E-state index contributed by atoms with van der Waals surface area (Å²) in [4.78, 5) is 14.7. The van der Waals surface area contributed by atoms with Crippen molar-refractivity contribution in [2.45, 2.75) is 19.0 Å². The first kappa shape index (κ1) is 20.7. The summed E-state index contributed by atoms with van der Waals surface area (Å²) < 4.78 is 16.0. The smallest absolute Gasteiger partial charge is 0.244 e. The summed E-state index contributed by atoms with van der Waals surface area (Å²) in [6.45, 7) is 2.75. The highest BCUT2D eigenvalue weighted by Crippen LogP contribution is 2.38. The van der Waals surface area contributed by atoms with E-state index < -0.39 is 0 Å². The van der Waals surface area contributed by atoms with Crippen molar-refractivity contribution < 1.29 is 19.0 Å². The molecule has 1 fully saturated rings. The first-order chi connectivity index (χ1) is 14.1. The first-order valence-electron chi connectivity index (χ1n) is 9.67. The molecule has 1 unspecified atom stereocenters. The Balaban J connectivity index is 1.56. The Morgan fingerprint density at radius 2 is 1.79 bits per heavy atom. The van der Waals surface area contributed by atoms with E-state index in [0.29, 0.717) is 17.2 Å². The Labute approximate surface area is 172 Å². The Morgan fingerprint density at radius 3 is 2.41 bits per heavy atom. The molecule has 0 radical (unpaired) electrons. The SMILES string of the molecule is COc1cc(/C=C/C(=O)NC2CCN(Cc3ccccc3)C2)cc(OC)c1OC. The summed E-state index contributed by atoms with van der Waals surface area (Å²) in [5.41, 5.74) is 2.09. The van der Waals surface area contributed by atoms with Crippen molar-refractivity contribution in [3.05, 3.63) is 59.7 Å². The van der Waals surface area contributed by atoms with Crippen molar-refractivity contribution in [2.75, 3.05) is 34.4 Å². The highest BCUT2D eigenvalue weighted by molar-refractivity contribution is 5.92. The van der Waals surface area contributed by atoms with Crippen molar-refractivity contribution >= 4 is 12.0 Å². The maximum absolute atomic E-state index is 12.4. The molecule has 1 amide bonds. The molecule has 0 aliphatic carbocycles. The first-order valence-corrected chi connectivity index (χ1v) is 9.67. The van der Waals surface area contributed by atoms with Crippen molar-refractivity contribution in [3.8, 4) is 17.2 Å². The highest BCUT2D eigenvalue weighted by atomic mass is 16.5. The van der Waals surface area contributed by atoms with Gasteiger partial charge in [-0.2, -0.15) is 0 Å². The molecule has 3 rings (SSSR count). The van der Waals surface area contributed by atoms with Gasteiger partial charge in [0.25, 0.3) is 0 Å². The van der Waals surface area contributed by atoms with E-state index in [1.807, 2.05) is 18.2 Å². The lowest BCUT2D eigenvalue weighted by atomic mass is 10.1. The fraction of sp³-hybridized carbons (Fsp3) is 0.348. The zero-order valence-electron chi connectivity index (χ0n) is 17.2. The second-order valence-corrected chi connectivity index (χ2v) is 7.01. The molecule has 6 nitrogen and oxygen atoms in total. The number of likely N-dealkylation sites (tertiary alicyclic amines) is 1. The quantitative estimate of drug-likeness (QED) is 0.695. The van der Waals surface area contributed by atoms with Gasteiger partial charge in [-0.1, -0.05) is 30.3 Å². The summed E-state index contributed by atoms with van der Waals surface area (Å²) in [6, 6.07) is 14.2. The van der Waals surface area contributed by atoms with E-state index in [1.165, 1.54) is 5.56 Å². The second kappa shape index (κ2) is 9.98. The van der Waals surface area contributed by atoms with Crippen LogP contribution in [0, 0.1) is 0 Å². The monoisotopic (exact) mass is 396 g/mol. The molecule has 2 aromatic rings. The number of nitrogens with one attached hydrogen (secondary N) is 1. The highest BCUT2D eigenvalue weighted by Gasteiger charge is 2.23. The Hall–Kier alpha value is -2.99. The molecular formula is C23H28N2O4. The molecule has 1 saturated heterocycles. The summed E-state index contributed by atoms with van der Waals surface area (Å²) in [5, 5.41) is 3.09. The minimum absolute atomic E-state index is 0.106. The van der Waals surface area contributed by atoms with Crippen molar-refractivity contribution in [1.29, 1.82) is 0 Å². The van der Waals surface area contributed by atoms with E-state index in [0.717, 1.165) is 31.6 Å². The average Bonchev–Trinajstić information content (AvgIpc) is 3.18. The molecular weight excluding hydrogens is 368 g/mol. The molecule has 6 heteroatoms. The molecule has 2 aromatic carbocycles. The van der Waals surface area contributed by atoms with Crippen LogP contribution >= 0.6 is 0 Å². The van der Waals surface area contributed by atoms with Gasteiger partial charge < -0.3 is 19.5 Å². The van der Waals surface area contributed by atoms with E-state index in [-0.39, 0.29) is 11.9 Å². The predicted molar refractivity (Wildman–Crippen MR) is 113 cm³/mol. The van der Waals surface area contributed by atoms with Gasteiger partial charge in [0.05, 0.1) is 21.3 Å². The molecule has 0 bridgehead atoms. The molecule has 0 aromatic heterocycles. The van der Waals surface area contributed by atoms with Crippen LogP contribution in [0.4, 0.5) is 0 Å². The van der Waals surface area contributed by atoms with Gasteiger partial charge >= 0.3 is 0 Å². The number of methoxy groups -OCH3 is 3. The number of nitrogens with zero attached hydrogens (tertiary/aromatic N) is 1. The normalized spacial score (nSPS) is 16.7. The molecule has 1 N–H and O–H groups in total. The molecule has 0 spiro atoms. The number of hydrogen-bond donors (Lipinski definition) is 1. The standard InChI is InChI=1S/C23H28N2O4/c1-27-20-13-18(14-21(28-2)23(20)29-3)9-10-22(26)24-19-11-12-25(16-19)15-17-7-5-4-6-8-17/h4-10,13-14,19H,11-12,15-16H2,1-3H3,(H,24,26)/b10-9+. The van der Waals surface area contributed by atoms with Gasteiger partial charge in [0.2, 0.25) is 11.7 Å². The maximum Gasteiger partial charge on any atom is 0.244 e. The summed E-state index contributed by atoms with van der Waals surface area (Å²) in [6.07, 6.45) is 4.24. The van der Waals surface area contributed by atoms with E-state index in [9.17, 15) is 4.79 Å². The van der Waals surface area contributed by atoms with E-state index >= 15 is 0 Å². The molecule has 0 saturated carbocycles. The zero-order valence-corrected chi connectivity index (χ0v) is 17.2. The zero-order chi connectivity index (χ0) is 20.6. The Bertz CT molecular complexity index is 826. The topological polar surface area (TPSA) is 60.0 Å². The molecule has 154 valence electrons. The average molecular weight is 396 g/mol. The van der Waals surface area contributed by atoms with E-state index in [4.69, 9.17) is 14.2 Å². The van der Waals surface area contributed by atoms with Crippen LogP contribution in [0.3, 0.4) is 0 Å². The summed E-state index contributed by atoms with van der Waals surface area (Å²) in [7, 11) is 4.70. The second-order valence-electron chi connectivity index (χ2n) is 7.01. The Morgan fingerprint density at radius 1 is 1.10 bits per heavy atom. The lowest BCUT2D eigenvalue weighted by Crippen LogP contribution is -2.35. The largest absolute Gasteiger partial charge is 0.493 e. The third kappa shape index (κ3) is 5.51. The third-order valence-corrected chi connectivity index (χ3v) is 4.98. The summed E-state index contributed by atoms with van der Waals surface area (Å²) in [5.74, 6) is 1.53. The van der Waals surface area contributed by atoms with Crippen LogP contribution < -0.4 is 19.5 Å². The van der Waals surface area contributed by atoms with Crippen molar-refractivity contribution in [2.24, 2.45) is 0 Å². The molecule has 29 heavy (non-hydrogen) atoms. The number of hydrogen-bond acceptors (Lipinski definition) is 5. The Kier molecular flexibility index (Phi) is 7.14. The van der Waals surface area contributed by atoms with Crippen molar-refractivity contribution in [3.63, 3.8) is 0 Å². The van der Waals surface area contributed by atoms with Gasteiger partial charge in [0.1, 0.15) is 0 Å². The number of rotatable bonds is 8. The van der Waals surface area contributed by atoms with E-state index in [2.05, 4.69) is 34.5 Å². The number of carbonyl (C=O) groups is 1. The van der Waals surface area contributed by atoms with Gasteiger partial charge in [0, 0.05) is 31.8 Å². The lowest BCUT2D eigenvalue weighted by molar-refractivity contribution is -0.117. The summed E-state index contributed by atoms with van der Waals surface area (Å²) >= 11 is 0. The minimum atomic E-state index is -0.106. The van der Waals surface area contributed by atoms with Gasteiger partial charge in [-0.15, -0.1) is 0 Å². The van der Waals surface area contributed by atoms with Crippen LogP contribution in [0.25, 0.3) is 6.08 Å². The van der Waals surface area contributed by atoms with Crippen LogP contribution in [0.1, 0.15) is 17.5 Å². The fourth-order valence-corrected chi connectivity index (χ4v) is 3.55. The predicted octanol–water partition coefficient (Wildman–Crippen LogP) is 3.12. The van der Waals surface area contributed by atoms with Gasteiger partial charge in [-0.05, 0) is 35.8 Å². The lowest BCUT2D eigenvalue weighted by Gasteiger charge is -2.16. The van der Waals surface area contributed by atoms with Gasteiger partial charge in [-0.25, -0.2) is 0 Å². The maximum atomic E-state index is 12.4. The van der Waals surface area contributed by atoms with Crippen LogP contribution in [0.5, 0.6) is 17.2 Å². The van der Waals surface area contributed by atoms with Crippen LogP contribution in [-0.2, 0) is 11.3 Å². The van der Waals surface area contributed by atoms with Gasteiger partial charge in [0.15, 0.2) is 11.5 Å². The van der Waals surface area contributed by atoms with Crippen molar-refractivity contribution in [1.82, 2.24) is 10.2 Å². The number of carbonyl (C=O) groups excluding carboxylic acids is 1. The molecule has 1 aliphatic heterocycles. The minimum Gasteiger partial charge on any atom is -0.493 e. The third-order valence-electron chi connectivity index (χ3n) is 4.98. The van der Waals surface area contributed by atoms with E-state index in [1.54, 1.807) is 33.5 Å². The number of ether oxygens (including phenoxy) is 3. The van der Waals surface area contributed by atoms with Crippen LogP contribution in [0.2, 0.25) is 0 Å². The fourth-order valence-electron chi connectivity index (χ4n) is 3.55. The molecule has 1 heterocycles. The molecule has 1 atom stereocenters. The number of amides is 1. The number of benzene rings is 2. The van der Waals surface area contributed by atoms with Crippen LogP contribution in [0.15, 0.2) is 48.5 Å².